The molecule has 9 nitrogen and oxygen atoms in total. The van der Waals surface area contributed by atoms with Crippen molar-refractivity contribution in [2.24, 2.45) is 5.73 Å². The van der Waals surface area contributed by atoms with Gasteiger partial charge in [0, 0.05) is 6.20 Å². The van der Waals surface area contributed by atoms with Crippen LogP contribution in [-0.2, 0) is 22.3 Å². The van der Waals surface area contributed by atoms with Crippen LogP contribution in [0.2, 0.25) is 0 Å². The molecule has 1 aliphatic carbocycles. The molecule has 0 aliphatic heterocycles. The number of methoxy groups -OCH3 is 1. The van der Waals surface area contributed by atoms with Gasteiger partial charge in [-0.15, -0.1) is 0 Å². The average molecular weight is 542 g/mol. The zero-order valence-electron chi connectivity index (χ0n) is 21.2. The maximum Gasteiger partial charge on any atom is 0.417 e. The van der Waals surface area contributed by atoms with E-state index in [4.69, 9.17) is 10.5 Å². The van der Waals surface area contributed by atoms with Crippen LogP contribution in [0.4, 0.5) is 18.9 Å². The fourth-order valence-electron chi connectivity index (χ4n) is 4.66. The number of hydrogen-bond acceptors (Lipinski definition) is 6. The molecule has 1 aliphatic rings. The number of fused-ring (bicyclic) bond motifs is 1. The lowest BCUT2D eigenvalue weighted by atomic mass is 9.80. The number of nitrogens with two attached hydrogens (primary N) is 1. The summed E-state index contributed by atoms with van der Waals surface area (Å²) in [6.45, 7) is 1.86. The van der Waals surface area contributed by atoms with Crippen LogP contribution in [0.1, 0.15) is 64.5 Å². The Kier molecular flexibility index (Phi) is 7.84. The third kappa shape index (κ3) is 6.00. The van der Waals surface area contributed by atoms with E-state index in [-0.39, 0.29) is 35.3 Å². The van der Waals surface area contributed by atoms with Crippen molar-refractivity contribution in [3.05, 3.63) is 82.8 Å². The predicted molar refractivity (Wildman–Crippen MR) is 135 cm³/mol. The highest BCUT2D eigenvalue weighted by Gasteiger charge is 2.35. The van der Waals surface area contributed by atoms with Crippen molar-refractivity contribution < 1.29 is 32.3 Å². The van der Waals surface area contributed by atoms with E-state index in [9.17, 15) is 27.6 Å². The number of nitrogens with zero attached hydrogens (tertiary/aromatic N) is 3. The molecule has 39 heavy (non-hydrogen) atoms. The fourth-order valence-corrected chi connectivity index (χ4v) is 4.66. The summed E-state index contributed by atoms with van der Waals surface area (Å²) < 4.78 is 44.1. The highest BCUT2D eigenvalue weighted by Crippen LogP contribution is 2.41. The summed E-state index contributed by atoms with van der Waals surface area (Å²) in [6, 6.07) is 10.3. The van der Waals surface area contributed by atoms with Crippen LogP contribution in [0.3, 0.4) is 0 Å². The Bertz CT molecular complexity index is 1390. The summed E-state index contributed by atoms with van der Waals surface area (Å²) in [4.78, 5) is 47.6. The number of nitrogens with one attached hydrogen (secondary N) is 1. The minimum atomic E-state index is -4.56. The first kappa shape index (κ1) is 27.6. The molecule has 3 aromatic rings. The highest BCUT2D eigenvalue weighted by molar-refractivity contribution is 6.39. The lowest BCUT2D eigenvalue weighted by molar-refractivity contribution is -0.145. The van der Waals surface area contributed by atoms with Crippen molar-refractivity contribution in [3.63, 3.8) is 0 Å². The van der Waals surface area contributed by atoms with Gasteiger partial charge < -0.3 is 20.7 Å². The summed E-state index contributed by atoms with van der Waals surface area (Å²) in [5, 5.41) is 2.43. The van der Waals surface area contributed by atoms with Gasteiger partial charge in [-0.25, -0.2) is 4.98 Å². The van der Waals surface area contributed by atoms with Crippen molar-refractivity contribution in [2.45, 2.75) is 44.4 Å². The summed E-state index contributed by atoms with van der Waals surface area (Å²) in [6.07, 6.45) is -1.39. The van der Waals surface area contributed by atoms with E-state index < -0.39 is 35.5 Å². The van der Waals surface area contributed by atoms with Crippen molar-refractivity contribution in [2.75, 3.05) is 12.4 Å². The van der Waals surface area contributed by atoms with E-state index in [0.717, 1.165) is 23.6 Å². The van der Waals surface area contributed by atoms with Gasteiger partial charge in [-0.3, -0.25) is 19.4 Å². The second-order valence-corrected chi connectivity index (χ2v) is 9.19. The van der Waals surface area contributed by atoms with E-state index in [2.05, 4.69) is 22.2 Å². The number of benzene rings is 1. The van der Waals surface area contributed by atoms with Crippen molar-refractivity contribution in [1.82, 2.24) is 14.9 Å². The molecule has 0 spiro atoms. The zero-order valence-corrected chi connectivity index (χ0v) is 21.2. The molecule has 0 radical (unpaired) electrons. The number of anilines is 1. The molecular weight excluding hydrogens is 515 g/mol. The molecule has 0 saturated carbocycles. The van der Waals surface area contributed by atoms with Crippen LogP contribution in [0.5, 0.6) is 5.88 Å². The Hall–Kier alpha value is -4.48. The number of carbonyl (C=O) groups is 3. The molecule has 4 rings (SSSR count). The number of rotatable bonds is 6. The fraction of sp³-hybridized carbons (Fsp3) is 0.296. The topological polar surface area (TPSA) is 128 Å². The standard InChI is InChI=1S/C27H26F3N5O4/c1-15-7-10-22(20-6-4-3-5-19(15)20)35(14-17-9-8-16(12-32-17)27(28,29)30)26(38)24(37)34-18-11-21(23(31)36)25(39-2)33-13-18/h3-6,8-9,11-13,15,22H,7,10,14H2,1-2H3,(H2,31,36)(H,34,37). The van der Waals surface area contributed by atoms with E-state index >= 15 is 0 Å². The van der Waals surface area contributed by atoms with Gasteiger partial charge in [0.2, 0.25) is 5.88 Å². The monoisotopic (exact) mass is 541 g/mol. The number of halogens is 3. The van der Waals surface area contributed by atoms with Gasteiger partial charge in [0.25, 0.3) is 5.91 Å². The van der Waals surface area contributed by atoms with Crippen molar-refractivity contribution in [3.8, 4) is 5.88 Å². The third-order valence-electron chi connectivity index (χ3n) is 6.64. The Morgan fingerprint density at radius 2 is 1.79 bits per heavy atom. The normalized spacial score (nSPS) is 16.6. The number of amides is 3. The van der Waals surface area contributed by atoms with Crippen LogP contribution >= 0.6 is 0 Å². The van der Waals surface area contributed by atoms with E-state index in [1.165, 1.54) is 30.3 Å². The van der Waals surface area contributed by atoms with E-state index in [1.54, 1.807) is 0 Å². The third-order valence-corrected chi connectivity index (χ3v) is 6.64. The molecule has 1 aromatic carbocycles. The van der Waals surface area contributed by atoms with Gasteiger partial charge in [-0.2, -0.15) is 13.2 Å². The zero-order chi connectivity index (χ0) is 28.3. The molecule has 2 unspecified atom stereocenters. The predicted octanol–water partition coefficient (Wildman–Crippen LogP) is 4.21. The highest BCUT2D eigenvalue weighted by atomic mass is 19.4. The minimum Gasteiger partial charge on any atom is -0.480 e. The molecule has 2 atom stereocenters. The van der Waals surface area contributed by atoms with Gasteiger partial charge in [-0.1, -0.05) is 31.2 Å². The Morgan fingerprint density at radius 3 is 2.41 bits per heavy atom. The molecule has 0 bridgehead atoms. The molecular formula is C27H26F3N5O4. The van der Waals surface area contributed by atoms with Crippen LogP contribution in [0.25, 0.3) is 0 Å². The van der Waals surface area contributed by atoms with Crippen LogP contribution in [0.15, 0.2) is 54.9 Å². The van der Waals surface area contributed by atoms with Gasteiger partial charge in [0.05, 0.1) is 42.8 Å². The van der Waals surface area contributed by atoms with Crippen LogP contribution < -0.4 is 15.8 Å². The van der Waals surface area contributed by atoms with Crippen LogP contribution in [-0.4, -0.2) is 39.7 Å². The Balaban J connectivity index is 1.66. The largest absolute Gasteiger partial charge is 0.480 e. The summed E-state index contributed by atoms with van der Waals surface area (Å²) in [7, 11) is 1.30. The molecule has 0 fully saturated rings. The maximum absolute atomic E-state index is 13.6. The molecule has 3 N–H and O–H groups in total. The lowest BCUT2D eigenvalue weighted by Crippen LogP contribution is -2.43. The summed E-state index contributed by atoms with van der Waals surface area (Å²) in [5.74, 6) is -2.62. The maximum atomic E-state index is 13.6. The van der Waals surface area contributed by atoms with Gasteiger partial charge >= 0.3 is 18.0 Å². The van der Waals surface area contributed by atoms with Crippen molar-refractivity contribution in [1.29, 1.82) is 0 Å². The van der Waals surface area contributed by atoms with Gasteiger partial charge in [-0.05, 0) is 48.1 Å². The number of primary amides is 1. The van der Waals surface area contributed by atoms with E-state index in [0.29, 0.717) is 12.6 Å². The number of ether oxygens (including phenoxy) is 1. The number of hydrogen-bond donors (Lipinski definition) is 2. The molecule has 12 heteroatoms. The summed E-state index contributed by atoms with van der Waals surface area (Å²) in [5.41, 5.74) is 6.43. The Morgan fingerprint density at radius 1 is 1.08 bits per heavy atom. The minimum absolute atomic E-state index is 0.0354. The van der Waals surface area contributed by atoms with Crippen LogP contribution in [0, 0.1) is 0 Å². The number of pyridine rings is 2. The SMILES string of the molecule is COc1ncc(NC(=O)C(=O)N(Cc2ccc(C(F)(F)F)cn2)C2CCC(C)c3ccccc32)cc1C(N)=O. The first-order chi connectivity index (χ1) is 18.5. The molecule has 2 heterocycles. The number of aromatic nitrogens is 2. The molecule has 204 valence electrons. The van der Waals surface area contributed by atoms with Gasteiger partial charge in [0.15, 0.2) is 0 Å². The van der Waals surface area contributed by atoms with E-state index in [1.807, 2.05) is 24.3 Å². The Labute approximate surface area is 222 Å². The average Bonchev–Trinajstić information content (AvgIpc) is 2.91. The lowest BCUT2D eigenvalue weighted by Gasteiger charge is -2.37. The van der Waals surface area contributed by atoms with Gasteiger partial charge in [0.1, 0.15) is 5.56 Å². The first-order valence-corrected chi connectivity index (χ1v) is 12.1. The number of alkyl halides is 3. The van der Waals surface area contributed by atoms with Crippen molar-refractivity contribution >= 4 is 23.4 Å². The second-order valence-electron chi connectivity index (χ2n) is 9.19. The first-order valence-electron chi connectivity index (χ1n) is 12.1. The quantitative estimate of drug-likeness (QED) is 0.450. The molecule has 2 aromatic heterocycles. The summed E-state index contributed by atoms with van der Waals surface area (Å²) >= 11 is 0. The number of carbonyl (C=O) groups excluding carboxylic acids is 3. The second kappa shape index (κ2) is 11.1. The molecule has 3 amide bonds. The molecule has 0 saturated heterocycles. The smallest absolute Gasteiger partial charge is 0.417 e.